The highest BCUT2D eigenvalue weighted by molar-refractivity contribution is 5.85. The van der Waals surface area contributed by atoms with Gasteiger partial charge >= 0.3 is 0 Å². The predicted octanol–water partition coefficient (Wildman–Crippen LogP) is 7.81. The van der Waals surface area contributed by atoms with Crippen LogP contribution in [0.15, 0.2) is 64.8 Å². The number of imidazole rings is 1. The van der Waals surface area contributed by atoms with Crippen molar-refractivity contribution in [3.63, 3.8) is 0 Å². The molecule has 0 atom stereocenters. The highest BCUT2D eigenvalue weighted by atomic mass is 35.5. The molecule has 0 fully saturated rings. The summed E-state index contributed by atoms with van der Waals surface area (Å²) < 4.78 is 4.40. The van der Waals surface area contributed by atoms with Crippen LogP contribution in [0.1, 0.15) is 51.4 Å². The second-order valence-electron chi connectivity index (χ2n) is 9.84. The van der Waals surface area contributed by atoms with Crippen LogP contribution in [0.2, 0.25) is 0 Å². The molecule has 0 N–H and O–H groups in total. The van der Waals surface area contributed by atoms with Crippen LogP contribution in [0.5, 0.6) is 0 Å². The fourth-order valence-electron chi connectivity index (χ4n) is 5.26. The van der Waals surface area contributed by atoms with Gasteiger partial charge in [0.1, 0.15) is 5.84 Å². The Hall–Kier alpha value is -3.37. The molecule has 0 saturated carbocycles. The summed E-state index contributed by atoms with van der Waals surface area (Å²) in [6.45, 7) is 19.1. The van der Waals surface area contributed by atoms with Gasteiger partial charge in [-0.25, -0.2) is 4.99 Å². The number of aromatic nitrogens is 2. The lowest BCUT2D eigenvalue weighted by Crippen LogP contribution is -2.27. The highest BCUT2D eigenvalue weighted by Gasteiger charge is 2.14. The van der Waals surface area contributed by atoms with Crippen molar-refractivity contribution in [3.05, 3.63) is 105 Å². The molecule has 0 amide bonds. The van der Waals surface area contributed by atoms with Gasteiger partial charge in [-0.1, -0.05) is 53.6 Å². The molecule has 4 rings (SSSR count). The second kappa shape index (κ2) is 10.7. The van der Waals surface area contributed by atoms with E-state index in [4.69, 9.17) is 9.98 Å². The highest BCUT2D eigenvalue weighted by Crippen LogP contribution is 2.25. The Labute approximate surface area is 221 Å². The fourth-order valence-corrected chi connectivity index (χ4v) is 5.26. The number of rotatable bonds is 3. The summed E-state index contributed by atoms with van der Waals surface area (Å²) in [5, 5.41) is 0. The second-order valence-corrected chi connectivity index (χ2v) is 9.84. The lowest BCUT2D eigenvalue weighted by Gasteiger charge is -2.15. The summed E-state index contributed by atoms with van der Waals surface area (Å²) in [7, 11) is 0. The zero-order chi connectivity index (χ0) is 25.4. The fraction of sp³-hybridized carbons (Fsp3) is 0.290. The van der Waals surface area contributed by atoms with Gasteiger partial charge in [0, 0.05) is 12.4 Å². The van der Waals surface area contributed by atoms with Gasteiger partial charge in [-0.3, -0.25) is 9.13 Å². The molecule has 0 spiro atoms. The van der Waals surface area contributed by atoms with Gasteiger partial charge in [0.15, 0.2) is 0 Å². The van der Waals surface area contributed by atoms with E-state index < -0.39 is 0 Å². The summed E-state index contributed by atoms with van der Waals surface area (Å²) in [6.07, 6.45) is 4.24. The summed E-state index contributed by atoms with van der Waals surface area (Å²) in [4.78, 5) is 10.1. The zero-order valence-corrected chi connectivity index (χ0v) is 23.7. The van der Waals surface area contributed by atoms with Gasteiger partial charge in [0.05, 0.1) is 17.1 Å². The molecule has 36 heavy (non-hydrogen) atoms. The Morgan fingerprint density at radius 2 is 1.00 bits per heavy atom. The number of nitrogens with zero attached hydrogens (tertiary/aromatic N) is 4. The molecule has 0 saturated heterocycles. The first-order chi connectivity index (χ1) is 16.6. The summed E-state index contributed by atoms with van der Waals surface area (Å²) in [5.41, 5.74) is 13.9. The average Bonchev–Trinajstić information content (AvgIpc) is 3.12. The molecule has 1 aromatic heterocycles. The lowest BCUT2D eigenvalue weighted by atomic mass is 10.0. The number of hydrogen-bond acceptors (Lipinski definition) is 1. The minimum atomic E-state index is 0. The SMILES string of the molecule is C/C(N=c1n(-c2c(C)cc(C)cc2C)ccn1-c1c(C)cc(C)cc1C)=N\c1c(C)cccc1C.Cl. The molecule has 188 valence electrons. The number of benzene rings is 3. The number of aliphatic imine (C=N–C) groups is 1. The van der Waals surface area contributed by atoms with Crippen molar-refractivity contribution >= 4 is 23.9 Å². The minimum absolute atomic E-state index is 0. The number of halogens is 1. The van der Waals surface area contributed by atoms with Gasteiger partial charge < -0.3 is 0 Å². The van der Waals surface area contributed by atoms with Crippen LogP contribution >= 0.6 is 12.4 Å². The molecule has 0 bridgehead atoms. The van der Waals surface area contributed by atoms with E-state index >= 15 is 0 Å². The van der Waals surface area contributed by atoms with Crippen LogP contribution in [0.3, 0.4) is 0 Å². The standard InChI is InChI=1S/C31H36N4.ClH/c1-19-15-23(5)29(24(6)16-19)34-13-14-35(30-25(7)17-20(2)18-26(30)8)31(34)33-27(9)32-28-21(3)11-10-12-22(28)4;/h10-18H,1-9H3;1H/b32-27+;. The van der Waals surface area contributed by atoms with Crippen molar-refractivity contribution in [3.8, 4) is 11.4 Å². The van der Waals surface area contributed by atoms with Crippen LogP contribution in [-0.4, -0.2) is 15.0 Å². The third kappa shape index (κ3) is 5.24. The number of aryl methyl sites for hydroxylation is 8. The topological polar surface area (TPSA) is 34.6 Å². The van der Waals surface area contributed by atoms with Crippen molar-refractivity contribution < 1.29 is 0 Å². The smallest absolute Gasteiger partial charge is 0.220 e. The van der Waals surface area contributed by atoms with E-state index in [1.54, 1.807) is 0 Å². The molecule has 1 heterocycles. The predicted molar refractivity (Wildman–Crippen MR) is 155 cm³/mol. The molecule has 0 unspecified atom stereocenters. The molecular formula is C31H37ClN4. The third-order valence-electron chi connectivity index (χ3n) is 6.52. The third-order valence-corrected chi connectivity index (χ3v) is 6.52. The van der Waals surface area contributed by atoms with E-state index in [1.165, 1.54) is 33.4 Å². The van der Waals surface area contributed by atoms with E-state index in [0.29, 0.717) is 0 Å². The summed E-state index contributed by atoms with van der Waals surface area (Å²) in [6, 6.07) is 15.2. The molecule has 0 aliphatic carbocycles. The maximum Gasteiger partial charge on any atom is 0.220 e. The van der Waals surface area contributed by atoms with E-state index in [0.717, 1.165) is 39.6 Å². The maximum absolute atomic E-state index is 5.13. The number of para-hydroxylation sites is 1. The molecule has 5 heteroatoms. The molecule has 3 aromatic carbocycles. The number of hydrogen-bond donors (Lipinski definition) is 0. The summed E-state index contributed by atoms with van der Waals surface area (Å²) >= 11 is 0. The van der Waals surface area contributed by atoms with Gasteiger partial charge in [0.2, 0.25) is 5.62 Å². The first-order valence-corrected chi connectivity index (χ1v) is 12.2. The molecule has 0 aliphatic rings. The quantitative estimate of drug-likeness (QED) is 0.203. The van der Waals surface area contributed by atoms with E-state index in [2.05, 4.69) is 119 Å². The van der Waals surface area contributed by atoms with Crippen LogP contribution in [-0.2, 0) is 0 Å². The van der Waals surface area contributed by atoms with Crippen molar-refractivity contribution in [2.24, 2.45) is 9.98 Å². The lowest BCUT2D eigenvalue weighted by molar-refractivity contribution is 0.852. The van der Waals surface area contributed by atoms with Gasteiger partial charge in [-0.05, 0) is 95.7 Å². The largest absolute Gasteiger partial charge is 0.285 e. The van der Waals surface area contributed by atoms with E-state index in [9.17, 15) is 0 Å². The van der Waals surface area contributed by atoms with Gasteiger partial charge in [0.25, 0.3) is 0 Å². The molecule has 4 nitrogen and oxygen atoms in total. The van der Waals surface area contributed by atoms with Crippen LogP contribution in [0.25, 0.3) is 11.4 Å². The van der Waals surface area contributed by atoms with Crippen LogP contribution in [0.4, 0.5) is 5.69 Å². The zero-order valence-electron chi connectivity index (χ0n) is 22.9. The Morgan fingerprint density at radius 1 is 0.611 bits per heavy atom. The van der Waals surface area contributed by atoms with Crippen molar-refractivity contribution in [1.82, 2.24) is 9.13 Å². The van der Waals surface area contributed by atoms with Crippen LogP contribution in [0, 0.1) is 55.4 Å². The average molecular weight is 501 g/mol. The van der Waals surface area contributed by atoms with Gasteiger partial charge in [-0.2, -0.15) is 4.99 Å². The normalized spacial score (nSPS) is 11.4. The maximum atomic E-state index is 5.13. The monoisotopic (exact) mass is 500 g/mol. The van der Waals surface area contributed by atoms with Crippen molar-refractivity contribution in [1.29, 1.82) is 0 Å². The molecule has 0 radical (unpaired) electrons. The van der Waals surface area contributed by atoms with E-state index in [-0.39, 0.29) is 12.4 Å². The van der Waals surface area contributed by atoms with Crippen molar-refractivity contribution in [2.75, 3.05) is 0 Å². The van der Waals surface area contributed by atoms with Crippen molar-refractivity contribution in [2.45, 2.75) is 62.3 Å². The van der Waals surface area contributed by atoms with E-state index in [1.807, 2.05) is 6.92 Å². The first kappa shape index (κ1) is 27.2. The Morgan fingerprint density at radius 3 is 1.39 bits per heavy atom. The molecule has 0 aliphatic heterocycles. The Balaban J connectivity index is 0.00000361. The van der Waals surface area contributed by atoms with Crippen LogP contribution < -0.4 is 5.62 Å². The molecule has 4 aromatic rings. The summed E-state index contributed by atoms with van der Waals surface area (Å²) in [5.74, 6) is 0.723. The number of amidine groups is 1. The minimum Gasteiger partial charge on any atom is -0.285 e. The Bertz CT molecular complexity index is 1390. The van der Waals surface area contributed by atoms with Gasteiger partial charge in [-0.15, -0.1) is 12.4 Å². The first-order valence-electron chi connectivity index (χ1n) is 12.2. The Kier molecular flexibility index (Phi) is 8.10. The molecular weight excluding hydrogens is 464 g/mol.